The number of fused-ring (bicyclic) bond motifs is 3. The highest BCUT2D eigenvalue weighted by molar-refractivity contribution is 6.04. The number of carbonyl (C=O) groups excluding carboxylic acids is 2. The lowest BCUT2D eigenvalue weighted by atomic mass is 9.84. The number of imidazole rings is 1. The maximum Gasteiger partial charge on any atom is 0.416 e. The van der Waals surface area contributed by atoms with E-state index in [1.54, 1.807) is 42.7 Å². The van der Waals surface area contributed by atoms with Gasteiger partial charge in [-0.3, -0.25) is 18.9 Å². The Balaban J connectivity index is 0.701. The highest BCUT2D eigenvalue weighted by atomic mass is 19.4. The molecule has 1 aliphatic heterocycles. The van der Waals surface area contributed by atoms with Crippen LogP contribution in [0, 0.1) is 36.5 Å². The molecule has 72 heavy (non-hydrogen) atoms. The predicted molar refractivity (Wildman–Crippen MR) is 260 cm³/mol. The first-order chi connectivity index (χ1) is 34.8. The molecule has 1 saturated heterocycles. The third-order valence-corrected chi connectivity index (χ3v) is 13.1. The number of amides is 2. The number of ether oxygens (including phenoxy) is 7. The summed E-state index contributed by atoms with van der Waals surface area (Å²) in [5, 5.41) is 25.5. The van der Waals surface area contributed by atoms with Gasteiger partial charge in [0.1, 0.15) is 23.7 Å². The molecular weight excluding hydrogens is 942 g/mol. The quantitative estimate of drug-likeness (QED) is 0.0496. The van der Waals surface area contributed by atoms with Crippen LogP contribution in [0.25, 0.3) is 5.65 Å². The summed E-state index contributed by atoms with van der Waals surface area (Å²) in [5.41, 5.74) is 2.38. The Morgan fingerprint density at radius 1 is 0.764 bits per heavy atom. The Morgan fingerprint density at radius 2 is 1.40 bits per heavy atom. The molecule has 20 heteroatoms. The van der Waals surface area contributed by atoms with E-state index in [9.17, 15) is 33.0 Å². The molecule has 392 valence electrons. The van der Waals surface area contributed by atoms with Crippen molar-refractivity contribution in [2.45, 2.75) is 44.7 Å². The highest BCUT2D eigenvalue weighted by Crippen LogP contribution is 2.48. The van der Waals surface area contributed by atoms with Crippen molar-refractivity contribution in [2.24, 2.45) is 17.8 Å². The van der Waals surface area contributed by atoms with Gasteiger partial charge in [-0.15, -0.1) is 0 Å². The molecule has 0 radical (unpaired) electrons. The maximum absolute atomic E-state index is 14.2. The zero-order valence-electron chi connectivity index (χ0n) is 41.0. The average Bonchev–Trinajstić information content (AvgIpc) is 4.07. The first-order valence-electron chi connectivity index (χ1n) is 24.6. The molecule has 2 saturated carbocycles. The summed E-state index contributed by atoms with van der Waals surface area (Å²) in [4.78, 5) is 34.3. The van der Waals surface area contributed by atoms with Crippen molar-refractivity contribution in [3.05, 3.63) is 94.4 Å². The molecule has 4 aromatic rings. The zero-order valence-corrected chi connectivity index (χ0v) is 41.0. The first kappa shape index (κ1) is 54.6. The topological polar surface area (TPSA) is 187 Å². The number of aromatic nitrogens is 2. The van der Waals surface area contributed by atoms with E-state index in [0.29, 0.717) is 141 Å². The third kappa shape index (κ3) is 15.9. The van der Waals surface area contributed by atoms with Gasteiger partial charge in [0, 0.05) is 74.3 Å². The number of aliphatic hydroxyl groups excluding tert-OH is 2. The van der Waals surface area contributed by atoms with Gasteiger partial charge in [0.2, 0.25) is 5.91 Å². The number of benzene rings is 2. The van der Waals surface area contributed by atoms with Gasteiger partial charge in [0.05, 0.1) is 103 Å². The number of rotatable bonds is 27. The van der Waals surface area contributed by atoms with Crippen molar-refractivity contribution in [1.82, 2.24) is 24.5 Å². The van der Waals surface area contributed by atoms with Gasteiger partial charge in [-0.2, -0.15) is 13.2 Å². The standard InChI is InChI=1S/C52H67F3N6O11/c1-36-3-4-38(50(64)58-41-7-5-39(46(32-41)52(53,54)55)35-60-14-12-59(2)13-15-60)29-37(36)6-8-42-34-57-47-33-43(9-11-61(42)47)72-28-27-71-26-25-70-24-23-69-22-21-68-20-19-67-18-17-66-16-10-56-51(65)45-31-40-30-44(45)49(63)48(40)62/h3-5,7,9,11,29,32-34,40,44-45,48-49,62-63H,10,12-28,30-31,35H2,1-2H3,(H,56,65)(H,58,64). The normalized spacial score (nSPS) is 20.2. The number of aliphatic hydroxyl groups is 2. The minimum absolute atomic E-state index is 0.0141. The van der Waals surface area contributed by atoms with Crippen molar-refractivity contribution in [3.8, 4) is 17.6 Å². The molecule has 2 aliphatic carbocycles. The van der Waals surface area contributed by atoms with Crippen molar-refractivity contribution in [1.29, 1.82) is 0 Å². The fraction of sp³-hybridized carbons (Fsp3) is 0.558. The summed E-state index contributed by atoms with van der Waals surface area (Å²) in [6.45, 7) is 10.6. The van der Waals surface area contributed by atoms with Gasteiger partial charge in [0.15, 0.2) is 0 Å². The van der Waals surface area contributed by atoms with Crippen LogP contribution in [0.3, 0.4) is 0 Å². The molecule has 3 fully saturated rings. The number of hydrogen-bond acceptors (Lipinski definition) is 14. The minimum atomic E-state index is -4.58. The number of carbonyl (C=O) groups is 2. The molecule has 4 N–H and O–H groups in total. The monoisotopic (exact) mass is 1010 g/mol. The number of hydrogen-bond donors (Lipinski definition) is 4. The lowest BCUT2D eigenvalue weighted by molar-refractivity contribution is -0.138. The smallest absolute Gasteiger partial charge is 0.416 e. The largest absolute Gasteiger partial charge is 0.491 e. The van der Waals surface area contributed by atoms with E-state index in [-0.39, 0.29) is 47.0 Å². The van der Waals surface area contributed by atoms with E-state index < -0.39 is 29.9 Å². The third-order valence-electron chi connectivity index (χ3n) is 13.1. The second-order valence-corrected chi connectivity index (χ2v) is 18.2. The van der Waals surface area contributed by atoms with E-state index in [1.165, 1.54) is 12.1 Å². The number of piperazine rings is 1. The Hall–Kier alpha value is -5.18. The Kier molecular flexibility index (Phi) is 20.6. The zero-order chi connectivity index (χ0) is 50.9. The first-order valence-corrected chi connectivity index (χ1v) is 24.6. The van der Waals surface area contributed by atoms with Crippen molar-refractivity contribution < 1.29 is 66.1 Å². The highest BCUT2D eigenvalue weighted by Gasteiger charge is 2.53. The van der Waals surface area contributed by atoms with Crippen LogP contribution in [0.15, 0.2) is 60.9 Å². The number of nitrogens with zero attached hydrogens (tertiary/aromatic N) is 4. The van der Waals surface area contributed by atoms with Crippen LogP contribution in [0.2, 0.25) is 0 Å². The van der Waals surface area contributed by atoms with Crippen molar-refractivity contribution in [2.75, 3.05) is 131 Å². The Labute approximate surface area is 418 Å². The molecule has 2 aromatic carbocycles. The van der Waals surface area contributed by atoms with E-state index >= 15 is 0 Å². The molecule has 7 rings (SSSR count). The summed E-state index contributed by atoms with van der Waals surface area (Å²) >= 11 is 0. The lowest BCUT2D eigenvalue weighted by Crippen LogP contribution is -2.44. The van der Waals surface area contributed by atoms with E-state index in [0.717, 1.165) is 24.7 Å². The minimum Gasteiger partial charge on any atom is -0.491 e. The van der Waals surface area contributed by atoms with Gasteiger partial charge in [-0.05, 0) is 86.0 Å². The van der Waals surface area contributed by atoms with Crippen LogP contribution in [-0.2, 0) is 45.9 Å². The van der Waals surface area contributed by atoms with Crippen LogP contribution in [0.5, 0.6) is 5.75 Å². The number of nitrogens with one attached hydrogen (secondary N) is 2. The number of alkyl halides is 3. The van der Waals surface area contributed by atoms with Crippen molar-refractivity contribution in [3.63, 3.8) is 0 Å². The number of aryl methyl sites for hydroxylation is 1. The summed E-state index contributed by atoms with van der Waals surface area (Å²) in [7, 11) is 1.99. The number of halogens is 3. The SMILES string of the molecule is Cc1ccc(C(=O)Nc2ccc(CN3CCN(C)CC3)c(C(F)(F)F)c2)cc1C#Cc1cnc2cc(OCCOCCOCCOCCOCCOCCOCCNC(=O)C3CC4CC3C(O)C4O)ccn12. The molecule has 17 nitrogen and oxygen atoms in total. The van der Waals surface area contributed by atoms with E-state index in [4.69, 9.17) is 33.2 Å². The second kappa shape index (κ2) is 27.2. The summed E-state index contributed by atoms with van der Waals surface area (Å²) in [5.74, 6) is 5.85. The molecule has 5 unspecified atom stereocenters. The number of pyridine rings is 1. The van der Waals surface area contributed by atoms with Gasteiger partial charge in [-0.1, -0.05) is 18.1 Å². The van der Waals surface area contributed by atoms with Gasteiger partial charge >= 0.3 is 6.18 Å². The molecule has 2 bridgehead atoms. The van der Waals surface area contributed by atoms with Crippen molar-refractivity contribution >= 4 is 23.1 Å². The summed E-state index contributed by atoms with van der Waals surface area (Å²) in [6.07, 6.45) is -1.32. The fourth-order valence-electron chi connectivity index (χ4n) is 9.08. The molecule has 0 spiro atoms. The number of likely N-dealkylation sites (N-methyl/N-ethyl adjacent to an activating group) is 1. The van der Waals surface area contributed by atoms with Gasteiger partial charge in [-0.25, -0.2) is 4.98 Å². The van der Waals surface area contributed by atoms with Gasteiger partial charge in [0.25, 0.3) is 5.91 Å². The second-order valence-electron chi connectivity index (χ2n) is 18.2. The lowest BCUT2D eigenvalue weighted by Gasteiger charge is -2.33. The Morgan fingerprint density at radius 3 is 2.03 bits per heavy atom. The predicted octanol–water partition coefficient (Wildman–Crippen LogP) is 4.03. The molecule has 3 aliphatic rings. The van der Waals surface area contributed by atoms with Crippen LogP contribution < -0.4 is 15.4 Å². The summed E-state index contributed by atoms with van der Waals surface area (Å²) in [6, 6.07) is 12.5. The fourth-order valence-corrected chi connectivity index (χ4v) is 9.08. The van der Waals surface area contributed by atoms with E-state index in [2.05, 4.69) is 32.4 Å². The van der Waals surface area contributed by atoms with Crippen LogP contribution >= 0.6 is 0 Å². The average molecular weight is 1010 g/mol. The van der Waals surface area contributed by atoms with Crippen LogP contribution in [0.1, 0.15) is 51.1 Å². The molecule has 2 amide bonds. The molecular formula is C52H67F3N6O11. The molecule has 5 atom stereocenters. The summed E-state index contributed by atoms with van der Waals surface area (Å²) < 4.78 is 83.4. The Bertz CT molecular complexity index is 2440. The van der Waals surface area contributed by atoms with Crippen LogP contribution in [-0.4, -0.2) is 179 Å². The number of anilines is 1. The van der Waals surface area contributed by atoms with E-state index in [1.807, 2.05) is 23.3 Å². The van der Waals surface area contributed by atoms with Gasteiger partial charge < -0.3 is 58.9 Å². The maximum atomic E-state index is 14.2. The molecule has 2 aromatic heterocycles. The molecule has 3 heterocycles. The van der Waals surface area contributed by atoms with Crippen LogP contribution in [0.4, 0.5) is 18.9 Å².